The molecule has 1 fully saturated rings. The summed E-state index contributed by atoms with van der Waals surface area (Å²) in [4.78, 5) is 0. The van der Waals surface area contributed by atoms with Gasteiger partial charge in [-0.2, -0.15) is 0 Å². The van der Waals surface area contributed by atoms with E-state index in [0.717, 1.165) is 6.42 Å². The van der Waals surface area contributed by atoms with E-state index in [-0.39, 0.29) is 0 Å². The third-order valence-corrected chi connectivity index (χ3v) is 8.26. The van der Waals surface area contributed by atoms with Crippen LogP contribution >= 0.6 is 0 Å². The van der Waals surface area contributed by atoms with E-state index >= 15 is 0 Å². The molecule has 2 aliphatic rings. The van der Waals surface area contributed by atoms with Crippen LogP contribution in [0.2, 0.25) is 0 Å². The third-order valence-electron chi connectivity index (χ3n) is 8.26. The molecule has 0 aliphatic heterocycles. The molecular weight excluding hydrogens is 398 g/mol. The molecule has 2 aromatic carbocycles. The molecule has 0 bridgehead atoms. The molecule has 1 saturated carbocycles. The quantitative estimate of drug-likeness (QED) is 0.361. The minimum Gasteiger partial charge on any atom is -0.200 e. The molecule has 1 nitrogen and oxygen atoms in total. The zero-order chi connectivity index (χ0) is 23.7. The fourth-order valence-electron chi connectivity index (χ4n) is 6.51. The SMILES string of the molecule is Cc1cc(C)c(C)c(C2=C(CC(C)C)c3cc(C4CCC(C)(C)C4)cc4cc[n+](C)c2c34)c1. The van der Waals surface area contributed by atoms with Crippen molar-refractivity contribution < 1.29 is 4.57 Å². The fourth-order valence-corrected chi connectivity index (χ4v) is 6.51. The molecule has 0 saturated heterocycles. The Hall–Kier alpha value is -2.41. The van der Waals surface area contributed by atoms with Gasteiger partial charge in [-0.05, 0) is 102 Å². The van der Waals surface area contributed by atoms with Gasteiger partial charge in [0.1, 0.15) is 7.05 Å². The third kappa shape index (κ3) is 3.74. The molecule has 3 aromatic rings. The zero-order valence-electron chi connectivity index (χ0n) is 21.9. The highest BCUT2D eigenvalue weighted by Crippen LogP contribution is 2.51. The van der Waals surface area contributed by atoms with E-state index in [4.69, 9.17) is 0 Å². The Morgan fingerprint density at radius 1 is 1.03 bits per heavy atom. The van der Waals surface area contributed by atoms with Crippen molar-refractivity contribution in [2.75, 3.05) is 0 Å². The topological polar surface area (TPSA) is 3.88 Å². The van der Waals surface area contributed by atoms with E-state index < -0.39 is 0 Å². The molecule has 1 aromatic heterocycles. The molecule has 0 amide bonds. The molecule has 0 N–H and O–H groups in total. The largest absolute Gasteiger partial charge is 0.221 e. The molecule has 172 valence electrons. The first kappa shape index (κ1) is 22.4. The fraction of sp³-hybridized carbons (Fsp3) is 0.469. The predicted octanol–water partition coefficient (Wildman–Crippen LogP) is 8.20. The maximum Gasteiger partial charge on any atom is 0.221 e. The number of allylic oxidation sites excluding steroid dienone is 1. The van der Waals surface area contributed by atoms with E-state index in [0.29, 0.717) is 17.3 Å². The Morgan fingerprint density at radius 2 is 1.79 bits per heavy atom. The number of pyridine rings is 1. The van der Waals surface area contributed by atoms with Gasteiger partial charge in [0.25, 0.3) is 0 Å². The van der Waals surface area contributed by atoms with Crippen molar-refractivity contribution >= 4 is 21.9 Å². The second-order valence-corrected chi connectivity index (χ2v) is 12.1. The first-order chi connectivity index (χ1) is 15.6. The van der Waals surface area contributed by atoms with E-state index in [1.165, 1.54) is 69.1 Å². The second-order valence-electron chi connectivity index (χ2n) is 12.1. The van der Waals surface area contributed by atoms with Gasteiger partial charge in [-0.1, -0.05) is 57.5 Å². The predicted molar refractivity (Wildman–Crippen MR) is 142 cm³/mol. The highest BCUT2D eigenvalue weighted by Gasteiger charge is 2.36. The van der Waals surface area contributed by atoms with Crippen molar-refractivity contribution in [1.29, 1.82) is 0 Å². The van der Waals surface area contributed by atoms with Gasteiger partial charge < -0.3 is 0 Å². The number of benzene rings is 2. The van der Waals surface area contributed by atoms with Crippen LogP contribution in [-0.2, 0) is 7.05 Å². The Kier molecular flexibility index (Phi) is 5.31. The molecule has 0 radical (unpaired) electrons. The van der Waals surface area contributed by atoms with Crippen molar-refractivity contribution in [2.45, 2.75) is 80.1 Å². The van der Waals surface area contributed by atoms with Crippen LogP contribution in [0.3, 0.4) is 0 Å². The van der Waals surface area contributed by atoms with Crippen LogP contribution in [0.4, 0.5) is 0 Å². The molecule has 0 spiro atoms. The minimum atomic E-state index is 0.465. The van der Waals surface area contributed by atoms with E-state index in [2.05, 4.69) is 96.6 Å². The summed E-state index contributed by atoms with van der Waals surface area (Å²) >= 11 is 0. The summed E-state index contributed by atoms with van der Waals surface area (Å²) in [5, 5.41) is 2.88. The summed E-state index contributed by atoms with van der Waals surface area (Å²) in [6, 6.07) is 12.2. The maximum absolute atomic E-state index is 2.58. The number of nitrogens with zero attached hydrogens (tertiary/aromatic N) is 1. The number of aromatic nitrogens is 1. The first-order valence-corrected chi connectivity index (χ1v) is 12.8. The van der Waals surface area contributed by atoms with Crippen LogP contribution in [-0.4, -0.2) is 0 Å². The minimum absolute atomic E-state index is 0.465. The molecule has 5 rings (SSSR count). The molecule has 33 heavy (non-hydrogen) atoms. The normalized spacial score (nSPS) is 19.4. The summed E-state index contributed by atoms with van der Waals surface area (Å²) in [5.41, 5.74) is 13.5. The molecular formula is C32H40N+. The van der Waals surface area contributed by atoms with E-state index in [9.17, 15) is 0 Å². The Morgan fingerprint density at radius 3 is 2.45 bits per heavy atom. The van der Waals surface area contributed by atoms with Gasteiger partial charge in [-0.15, -0.1) is 0 Å². The lowest BCUT2D eigenvalue weighted by Gasteiger charge is -2.18. The molecule has 2 aliphatic carbocycles. The van der Waals surface area contributed by atoms with Gasteiger partial charge in [0.2, 0.25) is 5.69 Å². The number of hydrogen-bond acceptors (Lipinski definition) is 0. The van der Waals surface area contributed by atoms with Crippen molar-refractivity contribution in [2.24, 2.45) is 18.4 Å². The van der Waals surface area contributed by atoms with Crippen LogP contribution in [0.25, 0.3) is 21.9 Å². The average Bonchev–Trinajstić information content (AvgIpc) is 3.25. The lowest BCUT2D eigenvalue weighted by molar-refractivity contribution is -0.672. The molecule has 1 unspecified atom stereocenters. The Labute approximate surface area is 200 Å². The van der Waals surface area contributed by atoms with Crippen molar-refractivity contribution in [3.05, 3.63) is 75.6 Å². The Bertz CT molecular complexity index is 1300. The van der Waals surface area contributed by atoms with E-state index in [1.54, 1.807) is 11.1 Å². The van der Waals surface area contributed by atoms with Gasteiger partial charge in [0.15, 0.2) is 6.20 Å². The standard InChI is InChI=1S/C32H40N/c1-19(2)13-27-28-17-25(24-9-11-32(6,7)18-24)16-23-10-12-33(8)31(29(23)28)30(27)26-15-20(3)14-21(4)22(26)5/h10,12,14-17,19,24H,9,11,13,18H2,1-8H3/q+1. The summed E-state index contributed by atoms with van der Waals surface area (Å²) in [7, 11) is 2.22. The van der Waals surface area contributed by atoms with Crippen molar-refractivity contribution in [3.63, 3.8) is 0 Å². The smallest absolute Gasteiger partial charge is 0.200 e. The van der Waals surface area contributed by atoms with E-state index in [1.807, 2.05) is 0 Å². The molecule has 1 heteroatoms. The maximum atomic E-state index is 2.58. The van der Waals surface area contributed by atoms with Crippen LogP contribution in [0.15, 0.2) is 36.5 Å². The summed E-state index contributed by atoms with van der Waals surface area (Å²) in [6.07, 6.45) is 7.35. The first-order valence-electron chi connectivity index (χ1n) is 12.8. The zero-order valence-corrected chi connectivity index (χ0v) is 21.9. The second kappa shape index (κ2) is 7.83. The lowest BCUT2D eigenvalue weighted by atomic mass is 9.86. The summed E-state index contributed by atoms with van der Waals surface area (Å²) < 4.78 is 2.37. The van der Waals surface area contributed by atoms with Crippen LogP contribution in [0.1, 0.15) is 98.4 Å². The van der Waals surface area contributed by atoms with Gasteiger partial charge in [-0.3, -0.25) is 0 Å². The number of aryl methyl sites for hydroxylation is 3. The van der Waals surface area contributed by atoms with Crippen molar-refractivity contribution in [3.8, 4) is 0 Å². The number of rotatable bonds is 4. The van der Waals surface area contributed by atoms with Crippen LogP contribution in [0, 0.1) is 32.1 Å². The Balaban J connectivity index is 1.81. The average molecular weight is 439 g/mol. The van der Waals surface area contributed by atoms with Gasteiger partial charge in [-0.25, -0.2) is 4.57 Å². The van der Waals surface area contributed by atoms with Crippen LogP contribution in [0.5, 0.6) is 0 Å². The summed E-state index contributed by atoms with van der Waals surface area (Å²) in [6.45, 7) is 16.4. The van der Waals surface area contributed by atoms with Crippen LogP contribution < -0.4 is 4.57 Å². The summed E-state index contributed by atoms with van der Waals surface area (Å²) in [5.74, 6) is 1.30. The lowest BCUT2D eigenvalue weighted by Crippen LogP contribution is -2.32. The molecule has 1 atom stereocenters. The van der Waals surface area contributed by atoms with Gasteiger partial charge in [0, 0.05) is 6.07 Å². The van der Waals surface area contributed by atoms with Gasteiger partial charge >= 0.3 is 0 Å². The van der Waals surface area contributed by atoms with Gasteiger partial charge in [0.05, 0.1) is 11.0 Å². The highest BCUT2D eigenvalue weighted by atomic mass is 14.9. The highest BCUT2D eigenvalue weighted by molar-refractivity contribution is 6.16. The molecule has 1 heterocycles. The number of hydrogen-bond donors (Lipinski definition) is 0. The van der Waals surface area contributed by atoms with Crippen molar-refractivity contribution in [1.82, 2.24) is 0 Å². The monoisotopic (exact) mass is 438 g/mol.